The van der Waals surface area contributed by atoms with E-state index >= 15 is 0 Å². The third kappa shape index (κ3) is 3.46. The molecular formula is C17H25N5O. The van der Waals surface area contributed by atoms with Crippen molar-refractivity contribution in [2.75, 3.05) is 6.54 Å². The molecule has 0 unspecified atom stereocenters. The van der Waals surface area contributed by atoms with Gasteiger partial charge in [-0.1, -0.05) is 0 Å². The lowest BCUT2D eigenvalue weighted by molar-refractivity contribution is 0.0582. The molecule has 1 fully saturated rings. The van der Waals surface area contributed by atoms with Crippen LogP contribution in [0.3, 0.4) is 0 Å². The molecule has 2 aromatic heterocycles. The molecule has 1 saturated heterocycles. The highest BCUT2D eigenvalue weighted by molar-refractivity contribution is 5.93. The quantitative estimate of drug-likeness (QED) is 0.852. The summed E-state index contributed by atoms with van der Waals surface area (Å²) in [5, 5.41) is 4.41. The molecule has 0 bridgehead atoms. The Morgan fingerprint density at radius 1 is 1.39 bits per heavy atom. The van der Waals surface area contributed by atoms with Crippen molar-refractivity contribution in [3.63, 3.8) is 0 Å². The molecule has 1 aliphatic rings. The summed E-state index contributed by atoms with van der Waals surface area (Å²) in [4.78, 5) is 19.2. The second kappa shape index (κ2) is 6.98. The van der Waals surface area contributed by atoms with Gasteiger partial charge in [-0.2, -0.15) is 5.10 Å². The molecule has 1 aliphatic heterocycles. The first kappa shape index (κ1) is 15.8. The molecule has 0 N–H and O–H groups in total. The number of aromatic nitrogens is 4. The molecule has 0 spiro atoms. The molecule has 3 heterocycles. The van der Waals surface area contributed by atoms with Gasteiger partial charge in [0.2, 0.25) is 0 Å². The van der Waals surface area contributed by atoms with Gasteiger partial charge >= 0.3 is 0 Å². The number of nitrogens with zero attached hydrogens (tertiary/aromatic N) is 5. The number of hydrogen-bond acceptors (Lipinski definition) is 3. The molecule has 3 rings (SSSR count). The van der Waals surface area contributed by atoms with Gasteiger partial charge in [-0.25, -0.2) is 4.98 Å². The minimum Gasteiger partial charge on any atom is -0.337 e. The van der Waals surface area contributed by atoms with E-state index in [1.165, 1.54) is 6.42 Å². The molecule has 6 heteroatoms. The van der Waals surface area contributed by atoms with Crippen LogP contribution in [0.2, 0.25) is 0 Å². The molecular weight excluding hydrogens is 290 g/mol. The van der Waals surface area contributed by atoms with Crippen LogP contribution in [0.15, 0.2) is 24.8 Å². The second-order valence-corrected chi connectivity index (χ2v) is 6.22. The number of hydrogen-bond donors (Lipinski definition) is 0. The molecule has 23 heavy (non-hydrogen) atoms. The van der Waals surface area contributed by atoms with Gasteiger partial charge < -0.3 is 9.47 Å². The topological polar surface area (TPSA) is 56.0 Å². The van der Waals surface area contributed by atoms with Crippen molar-refractivity contribution in [2.45, 2.75) is 58.7 Å². The third-order valence-corrected chi connectivity index (χ3v) is 4.59. The zero-order valence-electron chi connectivity index (χ0n) is 14.0. The zero-order chi connectivity index (χ0) is 16.2. The number of amides is 1. The highest BCUT2D eigenvalue weighted by atomic mass is 16.2. The Bertz CT molecular complexity index is 646. The molecule has 0 aromatic carbocycles. The largest absolute Gasteiger partial charge is 0.337 e. The minimum atomic E-state index is 0.128. The van der Waals surface area contributed by atoms with Crippen molar-refractivity contribution in [1.82, 2.24) is 24.2 Å². The van der Waals surface area contributed by atoms with Gasteiger partial charge in [-0.15, -0.1) is 0 Å². The molecule has 0 radical (unpaired) electrons. The average molecular weight is 315 g/mol. The van der Waals surface area contributed by atoms with Crippen LogP contribution in [0.5, 0.6) is 0 Å². The fraction of sp³-hybridized carbons (Fsp3) is 0.588. The fourth-order valence-corrected chi connectivity index (χ4v) is 3.39. The van der Waals surface area contributed by atoms with E-state index in [-0.39, 0.29) is 5.91 Å². The summed E-state index contributed by atoms with van der Waals surface area (Å²) in [6.07, 6.45) is 9.96. The SMILES string of the molecule is CCn1nc(C)cc1C(=O)N1CCCC[C@@H]1CCn1ccnc1. The van der Waals surface area contributed by atoms with E-state index in [0.29, 0.717) is 6.04 Å². The van der Waals surface area contributed by atoms with Gasteiger partial charge in [0.15, 0.2) is 0 Å². The lowest BCUT2D eigenvalue weighted by atomic mass is 9.98. The normalized spacial score (nSPS) is 18.3. The van der Waals surface area contributed by atoms with Gasteiger partial charge in [0.25, 0.3) is 5.91 Å². The lowest BCUT2D eigenvalue weighted by Gasteiger charge is -2.36. The number of piperidine rings is 1. The van der Waals surface area contributed by atoms with Crippen molar-refractivity contribution in [2.24, 2.45) is 0 Å². The monoisotopic (exact) mass is 315 g/mol. The molecule has 2 aromatic rings. The van der Waals surface area contributed by atoms with Gasteiger partial charge in [-0.05, 0) is 45.6 Å². The highest BCUT2D eigenvalue weighted by Gasteiger charge is 2.29. The smallest absolute Gasteiger partial charge is 0.272 e. The number of aryl methyl sites for hydroxylation is 3. The predicted molar refractivity (Wildman–Crippen MR) is 88.2 cm³/mol. The summed E-state index contributed by atoms with van der Waals surface area (Å²) < 4.78 is 3.90. The van der Waals surface area contributed by atoms with E-state index in [4.69, 9.17) is 0 Å². The molecule has 1 atom stereocenters. The van der Waals surface area contributed by atoms with Crippen molar-refractivity contribution in [3.8, 4) is 0 Å². The molecule has 0 saturated carbocycles. The maximum atomic E-state index is 13.0. The van der Waals surface area contributed by atoms with E-state index in [1.807, 2.05) is 37.1 Å². The summed E-state index contributed by atoms with van der Waals surface area (Å²) in [6, 6.07) is 2.21. The zero-order valence-corrected chi connectivity index (χ0v) is 14.0. The Morgan fingerprint density at radius 2 is 2.26 bits per heavy atom. The van der Waals surface area contributed by atoms with Crippen LogP contribution >= 0.6 is 0 Å². The van der Waals surface area contributed by atoms with Gasteiger partial charge in [0.05, 0.1) is 12.0 Å². The fourth-order valence-electron chi connectivity index (χ4n) is 3.39. The molecule has 1 amide bonds. The first-order valence-electron chi connectivity index (χ1n) is 8.50. The second-order valence-electron chi connectivity index (χ2n) is 6.22. The van der Waals surface area contributed by atoms with Crippen molar-refractivity contribution < 1.29 is 4.79 Å². The van der Waals surface area contributed by atoms with Crippen LogP contribution in [-0.2, 0) is 13.1 Å². The van der Waals surface area contributed by atoms with Crippen LogP contribution in [0.25, 0.3) is 0 Å². The van der Waals surface area contributed by atoms with E-state index in [2.05, 4.69) is 19.5 Å². The molecule has 124 valence electrons. The number of carbonyl (C=O) groups excluding carboxylic acids is 1. The maximum Gasteiger partial charge on any atom is 0.272 e. The number of imidazole rings is 1. The summed E-state index contributed by atoms with van der Waals surface area (Å²) in [5.41, 5.74) is 1.63. The van der Waals surface area contributed by atoms with Crippen LogP contribution in [0, 0.1) is 6.92 Å². The number of carbonyl (C=O) groups is 1. The average Bonchev–Trinajstić information content (AvgIpc) is 3.21. The van der Waals surface area contributed by atoms with Crippen molar-refractivity contribution in [3.05, 3.63) is 36.2 Å². The first-order valence-corrected chi connectivity index (χ1v) is 8.50. The Hall–Kier alpha value is -2.11. The van der Waals surface area contributed by atoms with Crippen LogP contribution in [-0.4, -0.2) is 42.7 Å². The van der Waals surface area contributed by atoms with E-state index in [0.717, 1.165) is 50.3 Å². The summed E-state index contributed by atoms with van der Waals surface area (Å²) in [7, 11) is 0. The Balaban J connectivity index is 1.73. The maximum absolute atomic E-state index is 13.0. The lowest BCUT2D eigenvalue weighted by Crippen LogP contribution is -2.44. The van der Waals surface area contributed by atoms with Gasteiger partial charge in [0.1, 0.15) is 5.69 Å². The Morgan fingerprint density at radius 3 is 3.00 bits per heavy atom. The first-order chi connectivity index (χ1) is 11.2. The van der Waals surface area contributed by atoms with E-state index in [1.54, 1.807) is 6.20 Å². The summed E-state index contributed by atoms with van der Waals surface area (Å²) in [5.74, 6) is 0.128. The molecule has 6 nitrogen and oxygen atoms in total. The van der Waals surface area contributed by atoms with Crippen LogP contribution < -0.4 is 0 Å². The highest BCUT2D eigenvalue weighted by Crippen LogP contribution is 2.23. The minimum absolute atomic E-state index is 0.128. The van der Waals surface area contributed by atoms with Crippen molar-refractivity contribution >= 4 is 5.91 Å². The number of rotatable bonds is 5. The number of likely N-dealkylation sites (tertiary alicyclic amines) is 1. The Kier molecular flexibility index (Phi) is 4.79. The summed E-state index contributed by atoms with van der Waals surface area (Å²) >= 11 is 0. The van der Waals surface area contributed by atoms with E-state index < -0.39 is 0 Å². The van der Waals surface area contributed by atoms with Gasteiger partial charge in [-0.3, -0.25) is 9.48 Å². The molecule has 0 aliphatic carbocycles. The summed E-state index contributed by atoms with van der Waals surface area (Å²) in [6.45, 7) is 6.44. The van der Waals surface area contributed by atoms with Crippen molar-refractivity contribution in [1.29, 1.82) is 0 Å². The van der Waals surface area contributed by atoms with Crippen LogP contribution in [0.1, 0.15) is 48.8 Å². The van der Waals surface area contributed by atoms with E-state index in [9.17, 15) is 4.79 Å². The third-order valence-electron chi connectivity index (χ3n) is 4.59. The van der Waals surface area contributed by atoms with Crippen LogP contribution in [0.4, 0.5) is 0 Å². The predicted octanol–water partition coefficient (Wildman–Crippen LogP) is 2.49. The Labute approximate surface area is 137 Å². The standard InChI is InChI=1S/C17H25N5O/c1-3-22-16(12-14(2)19-22)17(23)21-9-5-4-6-15(21)7-10-20-11-8-18-13-20/h8,11-13,15H,3-7,9-10H2,1-2H3/t15-/m1/s1. The van der Waals surface area contributed by atoms with Gasteiger partial charge in [0, 0.05) is 38.1 Å².